The summed E-state index contributed by atoms with van der Waals surface area (Å²) in [7, 11) is 0. The van der Waals surface area contributed by atoms with E-state index in [1.54, 1.807) is 25.4 Å². The molecule has 1 atom stereocenters. The van der Waals surface area contributed by atoms with Gasteiger partial charge in [0.15, 0.2) is 0 Å². The van der Waals surface area contributed by atoms with Crippen molar-refractivity contribution in [3.05, 3.63) is 54.1 Å². The van der Waals surface area contributed by atoms with Crippen molar-refractivity contribution in [3.63, 3.8) is 0 Å². The highest BCUT2D eigenvalue weighted by Gasteiger charge is 2.13. The monoisotopic (exact) mass is 248 g/mol. The molecule has 4 heteroatoms. The van der Waals surface area contributed by atoms with Crippen LogP contribution in [0.5, 0.6) is 0 Å². The lowest BCUT2D eigenvalue weighted by molar-refractivity contribution is 0.585. The van der Waals surface area contributed by atoms with Crippen LogP contribution in [0.2, 0.25) is 0 Å². The van der Waals surface area contributed by atoms with Gasteiger partial charge in [-0.2, -0.15) is 0 Å². The summed E-state index contributed by atoms with van der Waals surface area (Å²) < 4.78 is 13.7. The Bertz CT molecular complexity index is 500. The predicted molar refractivity (Wildman–Crippen MR) is 67.4 cm³/mol. The van der Waals surface area contributed by atoms with Crippen LogP contribution in [0.3, 0.4) is 0 Å². The number of pyridine rings is 1. The molecule has 0 aliphatic rings. The van der Waals surface area contributed by atoms with E-state index in [0.29, 0.717) is 5.56 Å². The van der Waals surface area contributed by atoms with Crippen molar-refractivity contribution in [2.75, 3.05) is 0 Å². The summed E-state index contributed by atoms with van der Waals surface area (Å²) in [6, 6.07) is 8.48. The van der Waals surface area contributed by atoms with Gasteiger partial charge in [0.2, 0.25) is 0 Å². The first-order valence-corrected chi connectivity index (χ1v) is 6.12. The molecule has 88 valence electrons. The summed E-state index contributed by atoms with van der Waals surface area (Å²) in [5.41, 5.74) is 6.37. The largest absolute Gasteiger partial charge is 0.324 e. The highest BCUT2D eigenvalue weighted by molar-refractivity contribution is 7.99. The Morgan fingerprint density at radius 1 is 1.24 bits per heavy atom. The van der Waals surface area contributed by atoms with Gasteiger partial charge in [-0.25, -0.2) is 4.39 Å². The van der Waals surface area contributed by atoms with E-state index in [1.165, 1.54) is 17.8 Å². The second-order valence-corrected chi connectivity index (χ2v) is 4.84. The molecule has 1 aromatic heterocycles. The third-order valence-electron chi connectivity index (χ3n) is 2.35. The maximum Gasteiger partial charge on any atom is 0.129 e. The molecule has 0 amide bonds. The third-order valence-corrected chi connectivity index (χ3v) is 3.43. The Morgan fingerprint density at radius 2 is 1.94 bits per heavy atom. The first-order valence-electron chi connectivity index (χ1n) is 5.30. The van der Waals surface area contributed by atoms with E-state index in [-0.39, 0.29) is 11.9 Å². The van der Waals surface area contributed by atoms with Crippen LogP contribution in [0, 0.1) is 5.82 Å². The van der Waals surface area contributed by atoms with Crippen molar-refractivity contribution in [1.82, 2.24) is 4.98 Å². The molecule has 0 spiro atoms. The maximum absolute atomic E-state index is 13.7. The second kappa shape index (κ2) is 5.29. The van der Waals surface area contributed by atoms with Crippen LogP contribution in [0.15, 0.2) is 52.5 Å². The summed E-state index contributed by atoms with van der Waals surface area (Å²) in [4.78, 5) is 5.82. The van der Waals surface area contributed by atoms with E-state index in [2.05, 4.69) is 4.98 Å². The maximum atomic E-state index is 13.7. The fraction of sp³-hybridized carbons (Fsp3) is 0.154. The summed E-state index contributed by atoms with van der Waals surface area (Å²) in [5.74, 6) is -0.251. The van der Waals surface area contributed by atoms with Gasteiger partial charge in [0.05, 0.1) is 0 Å². The van der Waals surface area contributed by atoms with Crippen molar-refractivity contribution in [3.8, 4) is 0 Å². The quantitative estimate of drug-likeness (QED) is 0.905. The minimum atomic E-state index is -0.319. The smallest absolute Gasteiger partial charge is 0.129 e. The van der Waals surface area contributed by atoms with Gasteiger partial charge in [0.25, 0.3) is 0 Å². The molecule has 2 nitrogen and oxygen atoms in total. The van der Waals surface area contributed by atoms with E-state index in [0.717, 1.165) is 9.79 Å². The first kappa shape index (κ1) is 12.1. The van der Waals surface area contributed by atoms with Gasteiger partial charge in [-0.05, 0) is 31.2 Å². The summed E-state index contributed by atoms with van der Waals surface area (Å²) >= 11 is 1.50. The number of hydrogen-bond acceptors (Lipinski definition) is 3. The second-order valence-electron chi connectivity index (χ2n) is 3.73. The number of hydrogen-bond donors (Lipinski definition) is 1. The molecule has 0 unspecified atom stereocenters. The standard InChI is InChI=1S/C13H13FN2S/c1-9(15)13-11(14)3-2-4-12(13)17-10-5-7-16-8-6-10/h2-9H,15H2,1H3/t9-/m0/s1. The molecule has 0 saturated carbocycles. The molecule has 0 saturated heterocycles. The molecular formula is C13H13FN2S. The van der Waals surface area contributed by atoms with Gasteiger partial charge >= 0.3 is 0 Å². The predicted octanol–water partition coefficient (Wildman–Crippen LogP) is 3.39. The molecule has 2 aromatic rings. The van der Waals surface area contributed by atoms with Gasteiger partial charge in [0, 0.05) is 33.8 Å². The number of nitrogens with zero attached hydrogens (tertiary/aromatic N) is 1. The van der Waals surface area contributed by atoms with Crippen molar-refractivity contribution < 1.29 is 4.39 Å². The molecule has 1 aromatic carbocycles. The fourth-order valence-corrected chi connectivity index (χ4v) is 2.63. The molecule has 0 bridgehead atoms. The molecule has 0 aliphatic heterocycles. The Morgan fingerprint density at radius 3 is 2.59 bits per heavy atom. The fourth-order valence-electron chi connectivity index (χ4n) is 1.58. The van der Waals surface area contributed by atoms with Crippen LogP contribution in [-0.4, -0.2) is 4.98 Å². The molecule has 0 fully saturated rings. The van der Waals surface area contributed by atoms with E-state index in [1.807, 2.05) is 18.2 Å². The van der Waals surface area contributed by atoms with Gasteiger partial charge in [-0.1, -0.05) is 17.8 Å². The normalized spacial score (nSPS) is 12.4. The van der Waals surface area contributed by atoms with Crippen LogP contribution < -0.4 is 5.73 Å². The summed E-state index contributed by atoms with van der Waals surface area (Å²) in [6.07, 6.45) is 3.43. The van der Waals surface area contributed by atoms with Crippen LogP contribution in [0.1, 0.15) is 18.5 Å². The number of aromatic nitrogens is 1. The molecular weight excluding hydrogens is 235 g/mol. The zero-order valence-electron chi connectivity index (χ0n) is 9.43. The molecule has 2 N–H and O–H groups in total. The Hall–Kier alpha value is -1.39. The van der Waals surface area contributed by atoms with Gasteiger partial charge < -0.3 is 5.73 Å². The Kier molecular flexibility index (Phi) is 3.76. The lowest BCUT2D eigenvalue weighted by Gasteiger charge is -2.13. The van der Waals surface area contributed by atoms with Gasteiger partial charge in [0.1, 0.15) is 5.82 Å². The van der Waals surface area contributed by atoms with Gasteiger partial charge in [-0.15, -0.1) is 0 Å². The van der Waals surface area contributed by atoms with E-state index >= 15 is 0 Å². The Labute approximate surface area is 104 Å². The number of nitrogens with two attached hydrogens (primary N) is 1. The van der Waals surface area contributed by atoms with E-state index in [4.69, 9.17) is 5.73 Å². The lowest BCUT2D eigenvalue weighted by atomic mass is 10.1. The third kappa shape index (κ3) is 2.84. The lowest BCUT2D eigenvalue weighted by Crippen LogP contribution is -2.08. The number of halogens is 1. The van der Waals surface area contributed by atoms with Crippen molar-refractivity contribution in [1.29, 1.82) is 0 Å². The minimum Gasteiger partial charge on any atom is -0.324 e. The SMILES string of the molecule is C[C@H](N)c1c(F)cccc1Sc1ccncc1. The van der Waals surface area contributed by atoms with Crippen LogP contribution in [0.4, 0.5) is 4.39 Å². The van der Waals surface area contributed by atoms with Crippen molar-refractivity contribution in [2.24, 2.45) is 5.73 Å². The van der Waals surface area contributed by atoms with Crippen molar-refractivity contribution in [2.45, 2.75) is 22.8 Å². The molecule has 0 radical (unpaired) electrons. The zero-order chi connectivity index (χ0) is 12.3. The number of rotatable bonds is 3. The van der Waals surface area contributed by atoms with Crippen molar-refractivity contribution >= 4 is 11.8 Å². The average Bonchev–Trinajstić information content (AvgIpc) is 2.30. The minimum absolute atomic E-state index is 0.251. The molecule has 1 heterocycles. The highest BCUT2D eigenvalue weighted by Crippen LogP contribution is 2.33. The van der Waals surface area contributed by atoms with Crippen LogP contribution in [-0.2, 0) is 0 Å². The molecule has 2 rings (SSSR count). The average molecular weight is 248 g/mol. The van der Waals surface area contributed by atoms with Gasteiger partial charge in [-0.3, -0.25) is 4.98 Å². The van der Waals surface area contributed by atoms with E-state index in [9.17, 15) is 4.39 Å². The van der Waals surface area contributed by atoms with Crippen LogP contribution >= 0.6 is 11.8 Å². The molecule has 0 aliphatic carbocycles. The first-order chi connectivity index (χ1) is 8.18. The topological polar surface area (TPSA) is 38.9 Å². The Balaban J connectivity index is 2.36. The summed E-state index contributed by atoms with van der Waals surface area (Å²) in [6.45, 7) is 1.79. The van der Waals surface area contributed by atoms with Crippen LogP contribution in [0.25, 0.3) is 0 Å². The number of benzene rings is 1. The summed E-state index contributed by atoms with van der Waals surface area (Å²) in [5, 5.41) is 0. The van der Waals surface area contributed by atoms with E-state index < -0.39 is 0 Å². The highest BCUT2D eigenvalue weighted by atomic mass is 32.2. The zero-order valence-corrected chi connectivity index (χ0v) is 10.2. The molecule has 17 heavy (non-hydrogen) atoms.